The van der Waals surface area contributed by atoms with Crippen molar-refractivity contribution in [1.29, 1.82) is 0 Å². The molecule has 7 heteroatoms. The lowest BCUT2D eigenvalue weighted by atomic mass is 9.79. The van der Waals surface area contributed by atoms with Gasteiger partial charge in [-0.1, -0.05) is 80.2 Å². The van der Waals surface area contributed by atoms with Crippen LogP contribution in [0.2, 0.25) is 26.2 Å². The molecular weight excluding hydrogens is 415 g/mol. The van der Waals surface area contributed by atoms with Crippen molar-refractivity contribution in [2.45, 2.75) is 37.3 Å². The molecule has 1 fully saturated rings. The highest BCUT2D eigenvalue weighted by atomic mass is 28.3. The van der Waals surface area contributed by atoms with Crippen molar-refractivity contribution in [3.63, 3.8) is 0 Å². The molecule has 1 atom stereocenters. The standard InChI is InChI=1S/C24H23BN2O2Si2/c1-30(2)19-18(17-15-11-7-5-9-13(15)14-10-6-8-12-16(14)17)20(25)24(21(19)26-22(30)28)27-23(29)31(24,3)4/h5-12,17H,1-4H3,(H,26,28)(H,27,29). The van der Waals surface area contributed by atoms with E-state index in [1.54, 1.807) is 0 Å². The highest BCUT2D eigenvalue weighted by molar-refractivity contribution is 7.14. The van der Waals surface area contributed by atoms with Gasteiger partial charge in [-0.05, 0) is 33.0 Å². The van der Waals surface area contributed by atoms with Crippen LogP contribution in [0.5, 0.6) is 0 Å². The third-order valence-electron chi connectivity index (χ3n) is 7.95. The Balaban J connectivity index is 1.69. The van der Waals surface area contributed by atoms with Crippen molar-refractivity contribution >= 4 is 35.1 Å². The van der Waals surface area contributed by atoms with Gasteiger partial charge in [-0.15, -0.1) is 0 Å². The first-order chi connectivity index (χ1) is 14.6. The number of nitrogens with one attached hydrogen (secondary N) is 2. The molecule has 1 spiro atoms. The normalized spacial score (nSPS) is 27.1. The smallest absolute Gasteiger partial charge is 0.201 e. The molecule has 6 rings (SSSR count). The van der Waals surface area contributed by atoms with Gasteiger partial charge in [-0.2, -0.15) is 0 Å². The van der Waals surface area contributed by atoms with Crippen molar-refractivity contribution in [3.8, 4) is 11.1 Å². The Kier molecular flexibility index (Phi) is 3.43. The second-order valence-electron chi connectivity index (χ2n) is 10.1. The van der Waals surface area contributed by atoms with Crippen LogP contribution in [0.1, 0.15) is 17.0 Å². The van der Waals surface area contributed by atoms with E-state index < -0.39 is 21.3 Å². The number of benzene rings is 2. The lowest BCUT2D eigenvalue weighted by molar-refractivity contribution is 0.245. The van der Waals surface area contributed by atoms with E-state index in [0.29, 0.717) is 0 Å². The Bertz CT molecular complexity index is 1260. The van der Waals surface area contributed by atoms with Gasteiger partial charge in [0.1, 0.15) is 7.85 Å². The third kappa shape index (κ3) is 1.93. The zero-order valence-electron chi connectivity index (χ0n) is 18.1. The SMILES string of the molecule is [B]C1=C(C2c3ccccc3-c3ccccc32)C2=C(NC(=O)[Si]2(C)C)C12NC(=O)[Si]2(C)C. The van der Waals surface area contributed by atoms with Gasteiger partial charge in [0.2, 0.25) is 5.53 Å². The lowest BCUT2D eigenvalue weighted by Gasteiger charge is -2.54. The molecule has 2 aliphatic heterocycles. The van der Waals surface area contributed by atoms with Gasteiger partial charge in [0.25, 0.3) is 0 Å². The van der Waals surface area contributed by atoms with Crippen molar-refractivity contribution in [2.75, 3.05) is 0 Å². The van der Waals surface area contributed by atoms with E-state index in [-0.39, 0.29) is 17.0 Å². The molecule has 2 N–H and O–H groups in total. The number of hydrogen-bond donors (Lipinski definition) is 2. The van der Waals surface area contributed by atoms with Gasteiger partial charge in [0, 0.05) is 11.6 Å². The predicted molar refractivity (Wildman–Crippen MR) is 128 cm³/mol. The Morgan fingerprint density at radius 3 is 1.94 bits per heavy atom. The number of allylic oxidation sites excluding steroid dienone is 2. The summed E-state index contributed by atoms with van der Waals surface area (Å²) in [5.41, 5.74) is 7.76. The molecule has 1 saturated heterocycles. The van der Waals surface area contributed by atoms with Crippen LogP contribution in [0.4, 0.5) is 9.59 Å². The van der Waals surface area contributed by atoms with E-state index in [4.69, 9.17) is 7.85 Å². The number of carbonyl (C=O) groups excluding carboxylic acids is 2. The predicted octanol–water partition coefficient (Wildman–Crippen LogP) is 4.33. The molecule has 4 nitrogen and oxygen atoms in total. The molecule has 2 aliphatic carbocycles. The molecule has 31 heavy (non-hydrogen) atoms. The first-order valence-electron chi connectivity index (χ1n) is 10.7. The minimum absolute atomic E-state index is 0.0291. The summed E-state index contributed by atoms with van der Waals surface area (Å²) in [5.74, 6) is -0.0291. The van der Waals surface area contributed by atoms with Crippen LogP contribution >= 0.6 is 0 Å². The van der Waals surface area contributed by atoms with E-state index in [1.165, 1.54) is 22.3 Å². The van der Waals surface area contributed by atoms with Gasteiger partial charge < -0.3 is 10.6 Å². The fraction of sp³-hybridized carbons (Fsp3) is 0.250. The van der Waals surface area contributed by atoms with Gasteiger partial charge in [0.15, 0.2) is 21.7 Å². The summed E-state index contributed by atoms with van der Waals surface area (Å²) in [6, 6.07) is 16.9. The molecule has 1 unspecified atom stereocenters. The highest BCUT2D eigenvalue weighted by Crippen LogP contribution is 2.59. The van der Waals surface area contributed by atoms with Gasteiger partial charge in [0.05, 0.1) is 5.16 Å². The molecule has 0 bridgehead atoms. The van der Waals surface area contributed by atoms with Crippen LogP contribution in [-0.2, 0) is 0 Å². The largest absolute Gasteiger partial charge is 0.349 e. The molecule has 2 heterocycles. The minimum atomic E-state index is -2.48. The van der Waals surface area contributed by atoms with Gasteiger partial charge in [-0.25, -0.2) is 0 Å². The summed E-state index contributed by atoms with van der Waals surface area (Å²) in [5, 5.41) is 6.78. The summed E-state index contributed by atoms with van der Waals surface area (Å²) >= 11 is 0. The van der Waals surface area contributed by atoms with Crippen LogP contribution in [0.15, 0.2) is 70.5 Å². The average molecular weight is 438 g/mol. The first kappa shape index (κ1) is 19.1. The maximum absolute atomic E-state index is 13.1. The second kappa shape index (κ2) is 5.58. The van der Waals surface area contributed by atoms with Crippen molar-refractivity contribution in [1.82, 2.24) is 10.6 Å². The Morgan fingerprint density at radius 1 is 0.871 bits per heavy atom. The quantitative estimate of drug-likeness (QED) is 0.651. The highest BCUT2D eigenvalue weighted by Gasteiger charge is 2.71. The summed E-state index contributed by atoms with van der Waals surface area (Å²) in [7, 11) is 2.08. The van der Waals surface area contributed by atoms with E-state index in [2.05, 4.69) is 85.4 Å². The molecule has 4 aliphatic rings. The van der Waals surface area contributed by atoms with Crippen LogP contribution in [0.3, 0.4) is 0 Å². The zero-order chi connectivity index (χ0) is 21.9. The van der Waals surface area contributed by atoms with Gasteiger partial charge >= 0.3 is 0 Å². The number of amides is 2. The molecule has 2 aromatic rings. The lowest BCUT2D eigenvalue weighted by Crippen LogP contribution is -2.84. The first-order valence-corrected chi connectivity index (χ1v) is 16.7. The number of rotatable bonds is 1. The van der Waals surface area contributed by atoms with Crippen molar-refractivity contribution < 1.29 is 9.59 Å². The zero-order valence-corrected chi connectivity index (χ0v) is 20.1. The Morgan fingerprint density at radius 2 is 1.42 bits per heavy atom. The van der Waals surface area contributed by atoms with Gasteiger partial charge in [-0.3, -0.25) is 9.59 Å². The third-order valence-corrected chi connectivity index (χ3v) is 14.8. The summed E-state index contributed by atoms with van der Waals surface area (Å²) in [4.78, 5) is 25.8. The van der Waals surface area contributed by atoms with E-state index in [0.717, 1.165) is 21.9 Å². The molecule has 0 aromatic heterocycles. The van der Waals surface area contributed by atoms with Crippen LogP contribution < -0.4 is 10.6 Å². The molecule has 2 radical (unpaired) electrons. The van der Waals surface area contributed by atoms with Crippen LogP contribution in [-0.4, -0.2) is 40.2 Å². The molecule has 152 valence electrons. The topological polar surface area (TPSA) is 58.2 Å². The average Bonchev–Trinajstić information content (AvgIpc) is 3.29. The number of fused-ring (bicyclic) bond motifs is 4. The summed E-state index contributed by atoms with van der Waals surface area (Å²) in [6.45, 7) is 8.31. The van der Waals surface area contributed by atoms with E-state index in [9.17, 15) is 9.59 Å². The molecule has 2 amide bonds. The minimum Gasteiger partial charge on any atom is -0.349 e. The number of carbonyl (C=O) groups is 2. The Hall–Kier alpha value is -2.64. The van der Waals surface area contributed by atoms with E-state index in [1.807, 2.05) is 0 Å². The Labute approximate surface area is 185 Å². The number of hydrogen-bond acceptors (Lipinski definition) is 2. The van der Waals surface area contributed by atoms with Crippen molar-refractivity contribution in [3.05, 3.63) is 81.6 Å². The maximum Gasteiger partial charge on any atom is 0.201 e. The monoisotopic (exact) mass is 438 g/mol. The van der Waals surface area contributed by atoms with Crippen molar-refractivity contribution in [2.24, 2.45) is 0 Å². The molecular formula is C24H23BN2O2Si2. The molecule has 2 aromatic carbocycles. The van der Waals surface area contributed by atoms with Crippen LogP contribution in [0, 0.1) is 0 Å². The fourth-order valence-corrected chi connectivity index (χ4v) is 11.4. The molecule has 0 saturated carbocycles. The fourth-order valence-electron chi connectivity index (χ4n) is 6.12. The maximum atomic E-state index is 13.1. The second-order valence-corrected chi connectivity index (χ2v) is 18.8. The van der Waals surface area contributed by atoms with E-state index >= 15 is 0 Å². The van der Waals surface area contributed by atoms with Crippen LogP contribution in [0.25, 0.3) is 11.1 Å². The summed E-state index contributed by atoms with van der Waals surface area (Å²) < 4.78 is 0. The summed E-state index contributed by atoms with van der Waals surface area (Å²) in [6.07, 6.45) is 0.